The van der Waals surface area contributed by atoms with Crippen LogP contribution in [0.5, 0.6) is 0 Å². The van der Waals surface area contributed by atoms with Crippen LogP contribution in [0.3, 0.4) is 0 Å². The molecular formula is C13H14F5N5O. The van der Waals surface area contributed by atoms with Crippen molar-refractivity contribution in [3.63, 3.8) is 0 Å². The predicted molar refractivity (Wildman–Crippen MR) is 72.4 cm³/mol. The summed E-state index contributed by atoms with van der Waals surface area (Å²) in [7, 11) is 0. The lowest BCUT2D eigenvalue weighted by Crippen LogP contribution is -2.29. The molecule has 1 N–H and O–H groups in total. The van der Waals surface area contributed by atoms with Crippen molar-refractivity contribution in [3.8, 4) is 0 Å². The second kappa shape index (κ2) is 6.97. The topological polar surface area (TPSA) is 64.7 Å². The van der Waals surface area contributed by atoms with Gasteiger partial charge in [-0.2, -0.15) is 27.1 Å². The molecule has 2 aromatic heterocycles. The highest BCUT2D eigenvalue weighted by molar-refractivity contribution is 5.95. The number of rotatable bonds is 6. The lowest BCUT2D eigenvalue weighted by molar-refractivity contribution is -0.144. The highest BCUT2D eigenvalue weighted by Crippen LogP contribution is 2.31. The van der Waals surface area contributed by atoms with E-state index >= 15 is 0 Å². The van der Waals surface area contributed by atoms with Crippen molar-refractivity contribution in [3.05, 3.63) is 35.7 Å². The van der Waals surface area contributed by atoms with Crippen molar-refractivity contribution in [2.75, 3.05) is 6.54 Å². The summed E-state index contributed by atoms with van der Waals surface area (Å²) in [5.74, 6) is -0.956. The van der Waals surface area contributed by atoms with Gasteiger partial charge in [0.1, 0.15) is 5.82 Å². The fourth-order valence-corrected chi connectivity index (χ4v) is 2.19. The first-order valence-electron chi connectivity index (χ1n) is 6.96. The van der Waals surface area contributed by atoms with Crippen molar-refractivity contribution in [1.82, 2.24) is 24.6 Å². The molecule has 0 spiro atoms. The van der Waals surface area contributed by atoms with Gasteiger partial charge in [0, 0.05) is 31.9 Å². The fourth-order valence-electron chi connectivity index (χ4n) is 2.19. The van der Waals surface area contributed by atoms with Crippen molar-refractivity contribution in [1.29, 1.82) is 0 Å². The van der Waals surface area contributed by atoms with Gasteiger partial charge in [0.05, 0.1) is 11.8 Å². The summed E-state index contributed by atoms with van der Waals surface area (Å²) in [4.78, 5) is 15.7. The summed E-state index contributed by atoms with van der Waals surface area (Å²) in [6, 6.07) is 0. The Labute approximate surface area is 133 Å². The second-order valence-corrected chi connectivity index (χ2v) is 4.75. The third-order valence-electron chi connectivity index (χ3n) is 3.25. The van der Waals surface area contributed by atoms with Gasteiger partial charge in [-0.3, -0.25) is 14.0 Å². The van der Waals surface area contributed by atoms with Gasteiger partial charge in [-0.25, -0.2) is 4.98 Å². The Balaban J connectivity index is 2.06. The monoisotopic (exact) mass is 351 g/mol. The number of aryl methyl sites for hydroxylation is 1. The Morgan fingerprint density at radius 1 is 1.38 bits per heavy atom. The van der Waals surface area contributed by atoms with Crippen molar-refractivity contribution < 1.29 is 26.7 Å². The number of hydrogen-bond donors (Lipinski definition) is 1. The maximum atomic E-state index is 13.0. The van der Waals surface area contributed by atoms with Crippen LogP contribution >= 0.6 is 0 Å². The number of aromatic nitrogens is 4. The van der Waals surface area contributed by atoms with Crippen molar-refractivity contribution >= 4 is 5.91 Å². The SMILES string of the molecule is CCn1ncc(C(=O)NCCc2nccn2C(F)F)c1C(F)(F)F. The zero-order valence-electron chi connectivity index (χ0n) is 12.5. The molecule has 0 saturated heterocycles. The molecule has 11 heteroatoms. The van der Waals surface area contributed by atoms with Crippen LogP contribution in [0.1, 0.15) is 35.3 Å². The molecule has 0 atom stereocenters. The number of nitrogens with zero attached hydrogens (tertiary/aromatic N) is 4. The van der Waals surface area contributed by atoms with E-state index in [-0.39, 0.29) is 25.3 Å². The first kappa shape index (κ1) is 17.9. The molecule has 0 aliphatic heterocycles. The van der Waals surface area contributed by atoms with E-state index in [4.69, 9.17) is 0 Å². The molecule has 0 bridgehead atoms. The highest BCUT2D eigenvalue weighted by atomic mass is 19.4. The number of alkyl halides is 5. The largest absolute Gasteiger partial charge is 0.433 e. The summed E-state index contributed by atoms with van der Waals surface area (Å²) in [6.07, 6.45) is -1.69. The number of hydrogen-bond acceptors (Lipinski definition) is 3. The molecule has 0 fully saturated rings. The maximum Gasteiger partial charge on any atom is 0.433 e. The van der Waals surface area contributed by atoms with Crippen LogP contribution in [-0.4, -0.2) is 31.8 Å². The Kier molecular flexibility index (Phi) is 5.20. The van der Waals surface area contributed by atoms with E-state index in [2.05, 4.69) is 15.4 Å². The maximum absolute atomic E-state index is 13.0. The van der Waals surface area contributed by atoms with E-state index in [1.165, 1.54) is 13.1 Å². The quantitative estimate of drug-likeness (QED) is 0.814. The van der Waals surface area contributed by atoms with Crippen molar-refractivity contribution in [2.24, 2.45) is 0 Å². The van der Waals surface area contributed by atoms with Gasteiger partial charge in [0.15, 0.2) is 5.69 Å². The molecular weight excluding hydrogens is 337 g/mol. The van der Waals surface area contributed by atoms with Gasteiger partial charge in [0.25, 0.3) is 5.91 Å². The Hall–Kier alpha value is -2.46. The van der Waals surface area contributed by atoms with Crippen LogP contribution in [0.15, 0.2) is 18.6 Å². The normalized spacial score (nSPS) is 12.0. The molecule has 0 radical (unpaired) electrons. The minimum atomic E-state index is -4.73. The number of carbonyl (C=O) groups excluding carboxylic acids is 1. The molecule has 0 saturated carbocycles. The number of amides is 1. The van der Waals surface area contributed by atoms with Gasteiger partial charge in [-0.05, 0) is 6.92 Å². The van der Waals surface area contributed by atoms with Crippen LogP contribution < -0.4 is 5.32 Å². The average molecular weight is 351 g/mol. The molecule has 132 valence electrons. The third kappa shape index (κ3) is 3.71. The van der Waals surface area contributed by atoms with Crippen LogP contribution in [0.4, 0.5) is 22.0 Å². The number of halogens is 5. The Morgan fingerprint density at radius 2 is 2.08 bits per heavy atom. The van der Waals surface area contributed by atoms with E-state index in [9.17, 15) is 26.7 Å². The molecule has 1 amide bonds. The molecule has 0 aliphatic carbocycles. The standard InChI is InChI=1S/C13H14F5N5O/c1-2-23-10(13(16,17)18)8(7-21-23)11(24)20-4-3-9-19-5-6-22(9)12(14)15/h5-7,12H,2-4H2,1H3,(H,20,24). The van der Waals surface area contributed by atoms with E-state index < -0.39 is 29.9 Å². The highest BCUT2D eigenvalue weighted by Gasteiger charge is 2.39. The van der Waals surface area contributed by atoms with E-state index in [0.29, 0.717) is 9.25 Å². The molecule has 6 nitrogen and oxygen atoms in total. The van der Waals surface area contributed by atoms with E-state index in [1.54, 1.807) is 0 Å². The van der Waals surface area contributed by atoms with E-state index in [1.807, 2.05) is 0 Å². The van der Waals surface area contributed by atoms with Gasteiger partial charge in [-0.15, -0.1) is 0 Å². The summed E-state index contributed by atoms with van der Waals surface area (Å²) in [5, 5.41) is 5.80. The first-order chi connectivity index (χ1) is 11.3. The molecule has 2 rings (SSSR count). The first-order valence-corrected chi connectivity index (χ1v) is 6.96. The summed E-state index contributed by atoms with van der Waals surface area (Å²) < 4.78 is 65.7. The van der Waals surface area contributed by atoms with Gasteiger partial charge < -0.3 is 5.32 Å². The molecule has 0 aliphatic rings. The van der Waals surface area contributed by atoms with Crippen LogP contribution in [-0.2, 0) is 19.1 Å². The molecule has 0 unspecified atom stereocenters. The minimum absolute atomic E-state index is 0.0191. The minimum Gasteiger partial charge on any atom is -0.351 e. The molecule has 24 heavy (non-hydrogen) atoms. The Bertz CT molecular complexity index is 706. The van der Waals surface area contributed by atoms with Gasteiger partial charge in [0.2, 0.25) is 0 Å². The molecule has 2 heterocycles. The number of imidazole rings is 1. The third-order valence-corrected chi connectivity index (χ3v) is 3.25. The lowest BCUT2D eigenvalue weighted by atomic mass is 10.2. The average Bonchev–Trinajstić information content (AvgIpc) is 3.12. The predicted octanol–water partition coefficient (Wildman–Crippen LogP) is 2.49. The van der Waals surface area contributed by atoms with Gasteiger partial charge in [-0.1, -0.05) is 0 Å². The number of carbonyl (C=O) groups is 1. The van der Waals surface area contributed by atoms with Crippen LogP contribution in [0.2, 0.25) is 0 Å². The summed E-state index contributed by atoms with van der Waals surface area (Å²) in [6.45, 7) is -1.50. The Morgan fingerprint density at radius 3 is 2.67 bits per heavy atom. The van der Waals surface area contributed by atoms with Crippen LogP contribution in [0, 0.1) is 0 Å². The molecule has 0 aromatic carbocycles. The smallest absolute Gasteiger partial charge is 0.351 e. The number of nitrogens with one attached hydrogen (secondary N) is 1. The summed E-state index contributed by atoms with van der Waals surface area (Å²) in [5.41, 5.74) is -1.75. The summed E-state index contributed by atoms with van der Waals surface area (Å²) >= 11 is 0. The van der Waals surface area contributed by atoms with Crippen LogP contribution in [0.25, 0.3) is 0 Å². The van der Waals surface area contributed by atoms with Gasteiger partial charge >= 0.3 is 12.7 Å². The zero-order valence-corrected chi connectivity index (χ0v) is 12.5. The zero-order chi connectivity index (χ0) is 17.9. The lowest BCUT2D eigenvalue weighted by Gasteiger charge is -2.11. The second-order valence-electron chi connectivity index (χ2n) is 4.75. The molecule has 2 aromatic rings. The van der Waals surface area contributed by atoms with Crippen molar-refractivity contribution in [2.45, 2.75) is 32.6 Å². The fraction of sp³-hybridized carbons (Fsp3) is 0.462. The van der Waals surface area contributed by atoms with E-state index in [0.717, 1.165) is 12.4 Å².